The van der Waals surface area contributed by atoms with Crippen LogP contribution in [0.15, 0.2) is 28.7 Å². The van der Waals surface area contributed by atoms with Crippen LogP contribution in [0.4, 0.5) is 0 Å². The van der Waals surface area contributed by atoms with Crippen LogP contribution in [0.2, 0.25) is 18.1 Å². The van der Waals surface area contributed by atoms with Gasteiger partial charge in [0.25, 0.3) is 0 Å². The van der Waals surface area contributed by atoms with E-state index in [9.17, 15) is 0 Å². The molecule has 0 fully saturated rings. The molecule has 1 aromatic carbocycles. The average Bonchev–Trinajstić information content (AvgIpc) is 2.98. The number of aromatic nitrogens is 4. The number of rotatable bonds is 6. The van der Waals surface area contributed by atoms with E-state index in [1.807, 2.05) is 24.3 Å². The average molecular weight is 399 g/mol. The van der Waals surface area contributed by atoms with Crippen LogP contribution in [0, 0.1) is 0 Å². The fourth-order valence-electron chi connectivity index (χ4n) is 1.70. The zero-order valence-corrected chi connectivity index (χ0v) is 16.7. The zero-order chi connectivity index (χ0) is 17.1. The number of ether oxygens (including phenoxy) is 1. The molecule has 0 saturated heterocycles. The van der Waals surface area contributed by atoms with Crippen molar-refractivity contribution in [2.45, 2.75) is 45.0 Å². The fourth-order valence-corrected chi connectivity index (χ4v) is 3.20. The molecule has 0 aliphatic carbocycles. The quantitative estimate of drug-likeness (QED) is 0.741. The van der Waals surface area contributed by atoms with Crippen molar-refractivity contribution < 1.29 is 9.16 Å². The van der Waals surface area contributed by atoms with Crippen LogP contribution in [0.5, 0.6) is 5.75 Å². The number of H-pyrrole nitrogens is 1. The molecule has 0 unspecified atom stereocenters. The molecular weight excluding hydrogens is 376 g/mol. The molecule has 126 valence electrons. The minimum Gasteiger partial charge on any atom is -0.490 e. The van der Waals surface area contributed by atoms with Gasteiger partial charge in [-0.05, 0) is 42.4 Å². The fraction of sp³-hybridized carbons (Fsp3) is 0.533. The topological polar surface area (TPSA) is 72.9 Å². The molecule has 0 bridgehead atoms. The highest BCUT2D eigenvalue weighted by Gasteiger charge is 2.40. The maximum atomic E-state index is 6.41. The van der Waals surface area contributed by atoms with Gasteiger partial charge in [-0.3, -0.25) is 0 Å². The first kappa shape index (κ1) is 18.1. The van der Waals surface area contributed by atoms with E-state index in [-0.39, 0.29) is 11.1 Å². The number of nitrogens with one attached hydrogen (secondary N) is 1. The van der Waals surface area contributed by atoms with Gasteiger partial charge in [-0.15, -0.1) is 10.2 Å². The molecule has 0 aliphatic rings. The van der Waals surface area contributed by atoms with E-state index in [0.29, 0.717) is 12.4 Å². The third-order valence-corrected chi connectivity index (χ3v) is 9.12. The largest absolute Gasteiger partial charge is 0.490 e. The van der Waals surface area contributed by atoms with Gasteiger partial charge in [-0.25, -0.2) is 0 Å². The van der Waals surface area contributed by atoms with E-state index >= 15 is 0 Å². The van der Waals surface area contributed by atoms with E-state index < -0.39 is 8.32 Å². The summed E-state index contributed by atoms with van der Waals surface area (Å²) in [6.07, 6.45) is -0.349. The lowest BCUT2D eigenvalue weighted by atomic mass is 10.2. The van der Waals surface area contributed by atoms with Crippen molar-refractivity contribution in [3.05, 3.63) is 34.6 Å². The van der Waals surface area contributed by atoms with Crippen molar-refractivity contribution in [3.8, 4) is 5.75 Å². The Morgan fingerprint density at radius 1 is 1.22 bits per heavy atom. The van der Waals surface area contributed by atoms with Crippen molar-refractivity contribution in [1.82, 2.24) is 20.6 Å². The van der Waals surface area contributed by atoms with E-state index in [1.54, 1.807) is 0 Å². The van der Waals surface area contributed by atoms with Gasteiger partial charge < -0.3 is 9.16 Å². The van der Waals surface area contributed by atoms with Crippen LogP contribution in [0.1, 0.15) is 32.7 Å². The number of benzene rings is 1. The molecular formula is C15H23BrN4O2Si. The Kier molecular flexibility index (Phi) is 5.59. The summed E-state index contributed by atoms with van der Waals surface area (Å²) in [7, 11) is -1.98. The maximum absolute atomic E-state index is 6.41. The third-order valence-electron chi connectivity index (χ3n) is 4.11. The number of hydrogen-bond donors (Lipinski definition) is 1. The van der Waals surface area contributed by atoms with Gasteiger partial charge in [-0.1, -0.05) is 41.9 Å². The molecule has 2 aromatic rings. The molecule has 0 spiro atoms. The summed E-state index contributed by atoms with van der Waals surface area (Å²) in [5.74, 6) is 1.30. The van der Waals surface area contributed by atoms with Gasteiger partial charge in [0.1, 0.15) is 18.5 Å². The molecule has 1 N–H and O–H groups in total. The van der Waals surface area contributed by atoms with E-state index in [2.05, 4.69) is 70.4 Å². The minimum absolute atomic E-state index is 0.0899. The summed E-state index contributed by atoms with van der Waals surface area (Å²) >= 11 is 3.41. The summed E-state index contributed by atoms with van der Waals surface area (Å²) < 4.78 is 13.3. The molecule has 6 nitrogen and oxygen atoms in total. The van der Waals surface area contributed by atoms with E-state index in [4.69, 9.17) is 9.16 Å². The Bertz CT molecular complexity index is 611. The molecule has 8 heteroatoms. The zero-order valence-electron chi connectivity index (χ0n) is 14.1. The Labute approximate surface area is 146 Å². The van der Waals surface area contributed by atoms with Crippen LogP contribution >= 0.6 is 15.9 Å². The Morgan fingerprint density at radius 3 is 2.39 bits per heavy atom. The number of aromatic amines is 1. The minimum atomic E-state index is -1.98. The normalized spacial score (nSPS) is 13.8. The van der Waals surface area contributed by atoms with Crippen molar-refractivity contribution >= 4 is 24.2 Å². The molecule has 1 aromatic heterocycles. The summed E-state index contributed by atoms with van der Waals surface area (Å²) in [6, 6.07) is 7.69. The SMILES string of the molecule is CC(C)(C)[Si](C)(C)O[C@H](COc1ccc(Br)cc1)c1nn[nH]n1. The number of halogens is 1. The summed E-state index contributed by atoms with van der Waals surface area (Å²) in [5, 5.41) is 14.4. The monoisotopic (exact) mass is 398 g/mol. The van der Waals surface area contributed by atoms with Gasteiger partial charge in [0, 0.05) is 4.47 Å². The van der Waals surface area contributed by atoms with Gasteiger partial charge >= 0.3 is 0 Å². The summed E-state index contributed by atoms with van der Waals surface area (Å²) in [6.45, 7) is 11.3. The predicted octanol–water partition coefficient (Wildman–Crippen LogP) is 4.10. The highest BCUT2D eigenvalue weighted by molar-refractivity contribution is 9.10. The second-order valence-electron chi connectivity index (χ2n) is 6.90. The van der Waals surface area contributed by atoms with Crippen molar-refractivity contribution in [3.63, 3.8) is 0 Å². The highest BCUT2D eigenvalue weighted by Crippen LogP contribution is 2.39. The number of hydrogen-bond acceptors (Lipinski definition) is 5. The van der Waals surface area contributed by atoms with Crippen LogP contribution in [-0.4, -0.2) is 35.5 Å². The smallest absolute Gasteiger partial charge is 0.205 e. The first-order valence-corrected chi connectivity index (χ1v) is 11.2. The van der Waals surface area contributed by atoms with E-state index in [1.165, 1.54) is 0 Å². The Balaban J connectivity index is 2.11. The Morgan fingerprint density at radius 2 is 1.87 bits per heavy atom. The molecule has 1 heterocycles. The third kappa shape index (κ3) is 4.86. The summed E-state index contributed by atoms with van der Waals surface area (Å²) in [5.41, 5.74) is 0. The van der Waals surface area contributed by atoms with Gasteiger partial charge in [-0.2, -0.15) is 5.21 Å². The molecule has 0 radical (unpaired) electrons. The van der Waals surface area contributed by atoms with Crippen LogP contribution in [0.3, 0.4) is 0 Å². The summed E-state index contributed by atoms with van der Waals surface area (Å²) in [4.78, 5) is 0. The lowest BCUT2D eigenvalue weighted by molar-refractivity contribution is 0.108. The Hall–Kier alpha value is -1.25. The second kappa shape index (κ2) is 7.10. The van der Waals surface area contributed by atoms with Crippen LogP contribution in [0.25, 0.3) is 0 Å². The van der Waals surface area contributed by atoms with Crippen LogP contribution < -0.4 is 4.74 Å². The molecule has 0 saturated carbocycles. The van der Waals surface area contributed by atoms with Crippen molar-refractivity contribution in [2.75, 3.05) is 6.61 Å². The van der Waals surface area contributed by atoms with Crippen molar-refractivity contribution in [1.29, 1.82) is 0 Å². The maximum Gasteiger partial charge on any atom is 0.205 e. The van der Waals surface area contributed by atoms with Gasteiger partial charge in [0.15, 0.2) is 8.32 Å². The molecule has 2 rings (SSSR count). The molecule has 23 heavy (non-hydrogen) atoms. The highest BCUT2D eigenvalue weighted by atomic mass is 79.9. The second-order valence-corrected chi connectivity index (χ2v) is 12.6. The molecule has 1 atom stereocenters. The van der Waals surface area contributed by atoms with Gasteiger partial charge in [0.2, 0.25) is 5.82 Å². The first-order chi connectivity index (χ1) is 10.7. The lowest BCUT2D eigenvalue weighted by Gasteiger charge is -2.38. The van der Waals surface area contributed by atoms with Gasteiger partial charge in [0.05, 0.1) is 0 Å². The molecule has 0 amide bonds. The van der Waals surface area contributed by atoms with Crippen molar-refractivity contribution in [2.24, 2.45) is 0 Å². The lowest BCUT2D eigenvalue weighted by Crippen LogP contribution is -2.43. The predicted molar refractivity (Wildman–Crippen MR) is 94.8 cm³/mol. The number of nitrogens with zero attached hydrogens (tertiary/aromatic N) is 3. The van der Waals surface area contributed by atoms with E-state index in [0.717, 1.165) is 10.2 Å². The first-order valence-electron chi connectivity index (χ1n) is 7.48. The molecule has 0 aliphatic heterocycles. The van der Waals surface area contributed by atoms with Crippen LogP contribution in [-0.2, 0) is 4.43 Å². The number of tetrazole rings is 1. The standard InChI is InChI=1S/C15H23BrN4O2Si/c1-15(2,3)23(4,5)22-13(14-17-19-20-18-14)10-21-12-8-6-11(16)7-9-12/h6-9,13H,10H2,1-5H3,(H,17,18,19,20)/t13-/m1/s1.